The van der Waals surface area contributed by atoms with E-state index < -0.39 is 3.91 Å². The molecule has 0 saturated carbocycles. The minimum atomic E-state index is -0.985. The van der Waals surface area contributed by atoms with Crippen LogP contribution in [0.2, 0.25) is 0 Å². The van der Waals surface area contributed by atoms with E-state index in [9.17, 15) is 0 Å². The molecule has 1 aliphatic heterocycles. The van der Waals surface area contributed by atoms with Crippen molar-refractivity contribution in [2.24, 2.45) is 10.7 Å². The zero-order valence-electron chi connectivity index (χ0n) is 11.8. The van der Waals surface area contributed by atoms with Gasteiger partial charge in [0.25, 0.3) is 0 Å². The highest BCUT2D eigenvalue weighted by molar-refractivity contribution is 9.10. The predicted octanol–water partition coefficient (Wildman–Crippen LogP) is 4.08. The van der Waals surface area contributed by atoms with Crippen molar-refractivity contribution in [3.05, 3.63) is 54.1 Å². The Labute approximate surface area is 146 Å². The molecule has 3 rings (SSSR count). The van der Waals surface area contributed by atoms with Crippen LogP contribution in [-0.4, -0.2) is 14.1 Å². The lowest BCUT2D eigenvalue weighted by atomic mass is 10.1. The summed E-state index contributed by atoms with van der Waals surface area (Å²) in [5.74, 6) is 0.475. The second kappa shape index (κ2) is 6.10. The standard InChI is InChI=1S/C15H14BrClN4S/c1-9(22-14-20-13(18)7-15(16,17)21-14)12-6-10-4-2-3-5-11(10)8-19-12/h2-9H,18H2,1H3,(H,20,21). The van der Waals surface area contributed by atoms with Gasteiger partial charge in [0.1, 0.15) is 5.82 Å². The average Bonchev–Trinajstić information content (AvgIpc) is 2.44. The molecule has 4 nitrogen and oxygen atoms in total. The van der Waals surface area contributed by atoms with Gasteiger partial charge in [0, 0.05) is 17.7 Å². The van der Waals surface area contributed by atoms with E-state index >= 15 is 0 Å². The highest BCUT2D eigenvalue weighted by Gasteiger charge is 2.26. The Kier molecular flexibility index (Phi) is 4.34. The van der Waals surface area contributed by atoms with Gasteiger partial charge in [-0.1, -0.05) is 47.6 Å². The average molecular weight is 398 g/mol. The van der Waals surface area contributed by atoms with E-state index in [1.54, 1.807) is 6.08 Å². The number of rotatable bonds is 2. The number of nitrogens with zero attached hydrogens (tertiary/aromatic N) is 2. The molecule has 1 aromatic heterocycles. The van der Waals surface area contributed by atoms with Crippen molar-refractivity contribution >= 4 is 55.2 Å². The summed E-state index contributed by atoms with van der Waals surface area (Å²) in [6.07, 6.45) is 3.50. The summed E-state index contributed by atoms with van der Waals surface area (Å²) in [4.78, 5) is 8.89. The summed E-state index contributed by atoms with van der Waals surface area (Å²) in [6, 6.07) is 10.3. The van der Waals surface area contributed by atoms with E-state index in [0.717, 1.165) is 11.1 Å². The fraction of sp³-hybridized carbons (Fsp3) is 0.200. The van der Waals surface area contributed by atoms with Crippen LogP contribution in [0.4, 0.5) is 0 Å². The Bertz CT molecular complexity index is 775. The molecule has 2 unspecified atom stereocenters. The maximum absolute atomic E-state index is 6.17. The van der Waals surface area contributed by atoms with Gasteiger partial charge >= 0.3 is 0 Å². The number of benzene rings is 1. The van der Waals surface area contributed by atoms with Gasteiger partial charge in [-0.3, -0.25) is 4.98 Å². The number of aromatic nitrogens is 1. The minimum absolute atomic E-state index is 0.113. The molecule has 0 spiro atoms. The molecule has 2 heterocycles. The van der Waals surface area contributed by atoms with Crippen LogP contribution in [-0.2, 0) is 0 Å². The molecule has 0 amide bonds. The maximum atomic E-state index is 6.17. The first-order chi connectivity index (χ1) is 10.4. The molecule has 2 aromatic rings. The number of nitrogens with one attached hydrogen (secondary N) is 1. The molecule has 0 aliphatic carbocycles. The van der Waals surface area contributed by atoms with Crippen molar-refractivity contribution in [2.75, 3.05) is 0 Å². The van der Waals surface area contributed by atoms with Crippen LogP contribution in [0.15, 0.2) is 53.4 Å². The molecule has 0 fully saturated rings. The Morgan fingerprint density at radius 3 is 2.82 bits per heavy atom. The van der Waals surface area contributed by atoms with Crippen molar-refractivity contribution in [1.82, 2.24) is 10.3 Å². The topological polar surface area (TPSA) is 63.3 Å². The van der Waals surface area contributed by atoms with Gasteiger partial charge in [0.05, 0.1) is 10.9 Å². The molecule has 2 atom stereocenters. The quantitative estimate of drug-likeness (QED) is 0.592. The number of alkyl halides is 2. The fourth-order valence-electron chi connectivity index (χ4n) is 2.15. The lowest BCUT2D eigenvalue weighted by Crippen LogP contribution is -2.33. The van der Waals surface area contributed by atoms with Gasteiger partial charge in [-0.25, -0.2) is 4.99 Å². The van der Waals surface area contributed by atoms with Gasteiger partial charge in [-0.05, 0) is 34.3 Å². The van der Waals surface area contributed by atoms with E-state index in [1.165, 1.54) is 17.1 Å². The Hall–Kier alpha value is -1.24. The minimum Gasteiger partial charge on any atom is -0.385 e. The Morgan fingerprint density at radius 2 is 2.09 bits per heavy atom. The van der Waals surface area contributed by atoms with Crippen LogP contribution in [0, 0.1) is 0 Å². The lowest BCUT2D eigenvalue weighted by Gasteiger charge is -2.22. The van der Waals surface area contributed by atoms with Gasteiger partial charge in [-0.2, -0.15) is 0 Å². The van der Waals surface area contributed by atoms with Crippen molar-refractivity contribution in [3.8, 4) is 0 Å². The van der Waals surface area contributed by atoms with Crippen molar-refractivity contribution in [3.63, 3.8) is 0 Å². The summed E-state index contributed by atoms with van der Waals surface area (Å²) in [6.45, 7) is 2.07. The molecule has 0 radical (unpaired) electrons. The van der Waals surface area contributed by atoms with E-state index in [1.807, 2.05) is 18.3 Å². The highest BCUT2D eigenvalue weighted by Crippen LogP contribution is 2.35. The van der Waals surface area contributed by atoms with E-state index in [-0.39, 0.29) is 5.25 Å². The number of hydrogen-bond acceptors (Lipinski definition) is 5. The molecule has 1 aliphatic rings. The number of nitrogens with two attached hydrogens (primary N) is 1. The fourth-order valence-corrected chi connectivity index (χ4v) is 3.90. The normalized spacial score (nSPS) is 22.7. The third-order valence-corrected chi connectivity index (χ3v) is 4.80. The molecular weight excluding hydrogens is 384 g/mol. The van der Waals surface area contributed by atoms with Crippen LogP contribution in [0.25, 0.3) is 10.8 Å². The number of amidine groups is 1. The lowest BCUT2D eigenvalue weighted by molar-refractivity contribution is 0.942. The summed E-state index contributed by atoms with van der Waals surface area (Å²) in [5.41, 5.74) is 6.80. The molecule has 114 valence electrons. The monoisotopic (exact) mass is 396 g/mol. The number of thioether (sulfide) groups is 1. The van der Waals surface area contributed by atoms with Gasteiger partial charge in [0.15, 0.2) is 5.17 Å². The second-order valence-corrected chi connectivity index (χ2v) is 8.52. The molecule has 7 heteroatoms. The van der Waals surface area contributed by atoms with Gasteiger partial charge < -0.3 is 11.1 Å². The number of halogens is 2. The number of fused-ring (bicyclic) bond motifs is 1. The molecule has 3 N–H and O–H groups in total. The van der Waals surface area contributed by atoms with Crippen LogP contribution in [0.1, 0.15) is 17.9 Å². The third-order valence-electron chi connectivity index (χ3n) is 3.19. The van der Waals surface area contributed by atoms with E-state index in [4.69, 9.17) is 17.3 Å². The van der Waals surface area contributed by atoms with Crippen molar-refractivity contribution in [2.45, 2.75) is 16.1 Å². The first-order valence-electron chi connectivity index (χ1n) is 6.67. The zero-order chi connectivity index (χ0) is 15.7. The van der Waals surface area contributed by atoms with Gasteiger partial charge in [0.2, 0.25) is 3.91 Å². The van der Waals surface area contributed by atoms with Crippen LogP contribution in [0.5, 0.6) is 0 Å². The summed E-state index contributed by atoms with van der Waals surface area (Å²) < 4.78 is -0.985. The molecule has 0 bridgehead atoms. The summed E-state index contributed by atoms with van der Waals surface area (Å²) >= 11 is 11.0. The van der Waals surface area contributed by atoms with Crippen LogP contribution < -0.4 is 11.1 Å². The van der Waals surface area contributed by atoms with Gasteiger partial charge in [-0.15, -0.1) is 0 Å². The highest BCUT2D eigenvalue weighted by atomic mass is 79.9. The van der Waals surface area contributed by atoms with Crippen molar-refractivity contribution < 1.29 is 0 Å². The summed E-state index contributed by atoms with van der Waals surface area (Å²) in [7, 11) is 0. The van der Waals surface area contributed by atoms with Crippen molar-refractivity contribution in [1.29, 1.82) is 0 Å². The molecule has 22 heavy (non-hydrogen) atoms. The van der Waals surface area contributed by atoms with Crippen LogP contribution >= 0.6 is 39.3 Å². The second-order valence-electron chi connectivity index (χ2n) is 4.95. The van der Waals surface area contributed by atoms with E-state index in [0.29, 0.717) is 11.0 Å². The molecule has 0 saturated heterocycles. The first kappa shape index (κ1) is 15.6. The summed E-state index contributed by atoms with van der Waals surface area (Å²) in [5, 5.41) is 6.09. The largest absolute Gasteiger partial charge is 0.385 e. The number of hydrogen-bond donors (Lipinski definition) is 2. The first-order valence-corrected chi connectivity index (χ1v) is 8.72. The molecular formula is C15H14BrClN4S. The SMILES string of the molecule is CC(SC1=NC(Cl)(Br)C=C(N)N1)c1cc2ccccc2cn1. The predicted molar refractivity (Wildman–Crippen MR) is 98.1 cm³/mol. The maximum Gasteiger partial charge on any atom is 0.213 e. The Balaban J connectivity index is 1.81. The third kappa shape index (κ3) is 3.56. The Morgan fingerprint density at radius 1 is 1.36 bits per heavy atom. The van der Waals surface area contributed by atoms with E-state index in [2.05, 4.69) is 56.3 Å². The smallest absolute Gasteiger partial charge is 0.213 e. The zero-order valence-corrected chi connectivity index (χ0v) is 14.9. The molecule has 1 aromatic carbocycles. The number of aliphatic imine (C=N–C) groups is 1. The van der Waals surface area contributed by atoms with Crippen LogP contribution in [0.3, 0.4) is 0 Å². The number of pyridine rings is 1.